The van der Waals surface area contributed by atoms with Crippen LogP contribution in [-0.2, 0) is 6.42 Å². The molecule has 168 valence electrons. The highest BCUT2D eigenvalue weighted by molar-refractivity contribution is 5.94. The summed E-state index contributed by atoms with van der Waals surface area (Å²) < 4.78 is 30.4. The molecule has 2 aliphatic carbocycles. The normalized spacial score (nSPS) is 23.6. The van der Waals surface area contributed by atoms with Gasteiger partial charge in [0.1, 0.15) is 0 Å². The van der Waals surface area contributed by atoms with Gasteiger partial charge in [-0.05, 0) is 24.7 Å². The Morgan fingerprint density at radius 2 is 2.23 bits per heavy atom. The third-order valence-electron chi connectivity index (χ3n) is 6.75. The van der Waals surface area contributed by atoms with Crippen molar-refractivity contribution in [2.24, 2.45) is 10.8 Å². The second-order valence-electron chi connectivity index (χ2n) is 9.63. The maximum atomic E-state index is 14.2. The van der Waals surface area contributed by atoms with E-state index >= 15 is 0 Å². The number of nitrogens with zero attached hydrogens (tertiary/aromatic N) is 4. The van der Waals surface area contributed by atoms with Crippen molar-refractivity contribution in [1.82, 2.24) is 20.1 Å². The quantitative estimate of drug-likeness (QED) is 0.553. The van der Waals surface area contributed by atoms with Gasteiger partial charge in [0.05, 0.1) is 24.5 Å². The fourth-order valence-corrected chi connectivity index (χ4v) is 4.98. The van der Waals surface area contributed by atoms with Crippen molar-refractivity contribution < 1.29 is 23.4 Å². The van der Waals surface area contributed by atoms with Crippen LogP contribution in [0.1, 0.15) is 67.7 Å². The first-order valence-corrected chi connectivity index (χ1v) is 10.5. The minimum atomic E-state index is -2.54. The Labute approximate surface area is 178 Å². The Morgan fingerprint density at radius 3 is 2.84 bits per heavy atom. The molecule has 2 aliphatic rings. The van der Waals surface area contributed by atoms with Gasteiger partial charge in [0.15, 0.2) is 11.9 Å². The Kier molecular flexibility index (Phi) is 5.23. The van der Waals surface area contributed by atoms with Crippen LogP contribution in [0.2, 0.25) is 0 Å². The average molecular weight is 435 g/mol. The summed E-state index contributed by atoms with van der Waals surface area (Å²) in [4.78, 5) is 17.3. The first-order chi connectivity index (χ1) is 14.6. The van der Waals surface area contributed by atoms with E-state index in [0.717, 1.165) is 0 Å². The molecule has 3 atom stereocenters. The number of amides is 1. The van der Waals surface area contributed by atoms with E-state index in [1.807, 2.05) is 20.8 Å². The van der Waals surface area contributed by atoms with Crippen LogP contribution in [0.4, 0.5) is 8.78 Å². The van der Waals surface area contributed by atoms with Crippen molar-refractivity contribution in [1.29, 1.82) is 0 Å². The van der Waals surface area contributed by atoms with E-state index < -0.39 is 35.1 Å². The van der Waals surface area contributed by atoms with E-state index in [-0.39, 0.29) is 24.5 Å². The molecule has 10 heteroatoms. The van der Waals surface area contributed by atoms with E-state index in [4.69, 9.17) is 0 Å². The predicted molar refractivity (Wildman–Crippen MR) is 107 cm³/mol. The number of alkyl halides is 2. The lowest BCUT2D eigenvalue weighted by Crippen LogP contribution is -2.46. The highest BCUT2D eigenvalue weighted by Gasteiger charge is 2.58. The van der Waals surface area contributed by atoms with Crippen molar-refractivity contribution in [2.75, 3.05) is 6.61 Å². The molecule has 31 heavy (non-hydrogen) atoms. The van der Waals surface area contributed by atoms with E-state index in [1.54, 1.807) is 0 Å². The molecule has 2 heterocycles. The Hall–Kier alpha value is -2.62. The van der Waals surface area contributed by atoms with E-state index in [9.17, 15) is 23.9 Å². The van der Waals surface area contributed by atoms with Gasteiger partial charge in [-0.3, -0.25) is 4.79 Å². The van der Waals surface area contributed by atoms with Crippen LogP contribution in [0.25, 0.3) is 5.82 Å². The van der Waals surface area contributed by atoms with Crippen molar-refractivity contribution in [3.63, 3.8) is 0 Å². The lowest BCUT2D eigenvalue weighted by molar-refractivity contribution is -0.605. The molecule has 0 aromatic carbocycles. The lowest BCUT2D eigenvalue weighted by Gasteiger charge is -2.30. The zero-order chi connectivity index (χ0) is 22.6. The SMILES string of the molecule is CC(C)(C)[C@@H](CO)NC(=O)c1nn(-c2c[n+]([O-])ccn2)c2c1C[C@@]1(C(F)F)CCCC21. The summed E-state index contributed by atoms with van der Waals surface area (Å²) in [5.41, 5.74) is -0.566. The smallest absolute Gasteiger partial charge is 0.272 e. The van der Waals surface area contributed by atoms with E-state index in [0.29, 0.717) is 35.3 Å². The van der Waals surface area contributed by atoms with Gasteiger partial charge in [0.2, 0.25) is 18.4 Å². The molecule has 0 saturated heterocycles. The first kappa shape index (κ1) is 21.6. The Morgan fingerprint density at radius 1 is 1.48 bits per heavy atom. The van der Waals surface area contributed by atoms with Gasteiger partial charge in [0.25, 0.3) is 5.91 Å². The van der Waals surface area contributed by atoms with Gasteiger partial charge < -0.3 is 15.6 Å². The number of carbonyl (C=O) groups excluding carboxylic acids is 1. The number of aliphatic hydroxyl groups excluding tert-OH is 1. The van der Waals surface area contributed by atoms with Gasteiger partial charge in [-0.25, -0.2) is 18.4 Å². The minimum Gasteiger partial charge on any atom is -0.619 e. The lowest BCUT2D eigenvalue weighted by atomic mass is 9.79. The topological polar surface area (TPSA) is 107 Å². The highest BCUT2D eigenvalue weighted by Crippen LogP contribution is 2.60. The molecular formula is C21H27F2N5O3. The summed E-state index contributed by atoms with van der Waals surface area (Å²) in [5, 5.41) is 28.8. The third-order valence-corrected chi connectivity index (χ3v) is 6.75. The zero-order valence-electron chi connectivity index (χ0n) is 17.8. The van der Waals surface area contributed by atoms with Crippen LogP contribution >= 0.6 is 0 Å². The van der Waals surface area contributed by atoms with Gasteiger partial charge >= 0.3 is 0 Å². The van der Waals surface area contributed by atoms with Crippen LogP contribution in [0.5, 0.6) is 0 Å². The number of carbonyl (C=O) groups is 1. The first-order valence-electron chi connectivity index (χ1n) is 10.5. The molecule has 0 bridgehead atoms. The van der Waals surface area contributed by atoms with Gasteiger partial charge in [-0.2, -0.15) is 9.83 Å². The molecular weight excluding hydrogens is 408 g/mol. The summed E-state index contributed by atoms with van der Waals surface area (Å²) in [6.45, 7) is 5.38. The number of nitrogens with one attached hydrogen (secondary N) is 1. The molecule has 0 radical (unpaired) electrons. The fourth-order valence-electron chi connectivity index (χ4n) is 4.98. The standard InChI is InChI=1S/C21H27F2N5O3/c1-20(2,3)14(11-29)25-18(30)16-12-9-21(19(22)23)6-4-5-13(21)17(12)28(26-16)15-10-27(31)8-7-24-15/h7-8,10,13-14,19,29H,4-6,9,11H2,1-3H3,(H,25,30)/t13?,14-,21+/m1/s1. The highest BCUT2D eigenvalue weighted by atomic mass is 19.3. The molecule has 0 aliphatic heterocycles. The van der Waals surface area contributed by atoms with Crippen LogP contribution < -0.4 is 10.0 Å². The van der Waals surface area contributed by atoms with Crippen LogP contribution in [0.3, 0.4) is 0 Å². The van der Waals surface area contributed by atoms with E-state index in [2.05, 4.69) is 15.4 Å². The van der Waals surface area contributed by atoms with Crippen molar-refractivity contribution >= 4 is 5.91 Å². The zero-order valence-corrected chi connectivity index (χ0v) is 17.8. The molecule has 1 fully saturated rings. The van der Waals surface area contributed by atoms with E-state index in [1.165, 1.54) is 23.3 Å². The van der Waals surface area contributed by atoms with Crippen molar-refractivity contribution in [3.8, 4) is 5.82 Å². The van der Waals surface area contributed by atoms with Crippen molar-refractivity contribution in [2.45, 2.75) is 64.8 Å². The Bertz CT molecular complexity index is 1000. The third kappa shape index (κ3) is 3.46. The number of halogens is 2. The number of aliphatic hydroxyl groups is 1. The molecule has 2 aromatic heterocycles. The number of aromatic nitrogens is 4. The number of hydrogen-bond acceptors (Lipinski definition) is 5. The molecule has 1 amide bonds. The maximum Gasteiger partial charge on any atom is 0.272 e. The monoisotopic (exact) mass is 435 g/mol. The van der Waals surface area contributed by atoms with Gasteiger partial charge in [0, 0.05) is 16.9 Å². The molecule has 2 N–H and O–H groups in total. The second-order valence-corrected chi connectivity index (χ2v) is 9.63. The second kappa shape index (κ2) is 7.51. The van der Waals surface area contributed by atoms with Crippen LogP contribution in [0, 0.1) is 16.0 Å². The predicted octanol–water partition coefficient (Wildman–Crippen LogP) is 2.11. The summed E-state index contributed by atoms with van der Waals surface area (Å²) in [7, 11) is 0. The molecule has 4 rings (SSSR count). The number of hydrogen-bond donors (Lipinski definition) is 2. The number of fused-ring (bicyclic) bond motifs is 3. The molecule has 0 spiro atoms. The summed E-state index contributed by atoms with van der Waals surface area (Å²) in [6.07, 6.45) is 2.85. The van der Waals surface area contributed by atoms with Gasteiger partial charge in [-0.15, -0.1) is 0 Å². The maximum absolute atomic E-state index is 14.2. The Balaban J connectivity index is 1.82. The molecule has 8 nitrogen and oxygen atoms in total. The fraction of sp³-hybridized carbons (Fsp3) is 0.619. The molecule has 1 unspecified atom stereocenters. The number of rotatable bonds is 5. The van der Waals surface area contributed by atoms with Gasteiger partial charge in [-0.1, -0.05) is 27.2 Å². The molecule has 1 saturated carbocycles. The van der Waals surface area contributed by atoms with Crippen LogP contribution in [0.15, 0.2) is 18.6 Å². The summed E-state index contributed by atoms with van der Waals surface area (Å²) in [6, 6.07) is -0.538. The largest absolute Gasteiger partial charge is 0.619 e. The minimum absolute atomic E-state index is 0.0511. The molecule has 2 aromatic rings. The van der Waals surface area contributed by atoms with Crippen LogP contribution in [-0.4, -0.2) is 44.9 Å². The summed E-state index contributed by atoms with van der Waals surface area (Å²) in [5.74, 6) is -0.812. The average Bonchev–Trinajstić information content (AvgIpc) is 3.34. The van der Waals surface area contributed by atoms with Crippen molar-refractivity contribution in [3.05, 3.63) is 40.7 Å². The summed E-state index contributed by atoms with van der Waals surface area (Å²) >= 11 is 0.